The van der Waals surface area contributed by atoms with E-state index >= 15 is 0 Å². The Kier molecular flexibility index (Phi) is 5.93. The van der Waals surface area contributed by atoms with E-state index in [9.17, 15) is 18.0 Å². The molecule has 0 bridgehead atoms. The van der Waals surface area contributed by atoms with Crippen molar-refractivity contribution >= 4 is 5.97 Å². The number of carbonyl (C=O) groups is 1. The number of piperidine rings is 1. The minimum absolute atomic E-state index is 0.282. The summed E-state index contributed by atoms with van der Waals surface area (Å²) in [5, 5.41) is 0. The molecule has 22 heavy (non-hydrogen) atoms. The molecule has 0 saturated carbocycles. The molecule has 0 aromatic heterocycles. The standard InChI is InChI=1S/C16H28F3NO2/c1-14(2,11-15(3,4)16(17,18)19)13(21)22-10-12-6-8-20(5)9-7-12/h12H,6-11H2,1-5H3. The number of carbonyl (C=O) groups excluding carboxylic acids is 1. The minimum atomic E-state index is -4.33. The number of alkyl halides is 3. The van der Waals surface area contributed by atoms with Gasteiger partial charge in [0.15, 0.2) is 0 Å². The van der Waals surface area contributed by atoms with E-state index in [1.807, 2.05) is 7.05 Å². The summed E-state index contributed by atoms with van der Waals surface area (Å²) in [6, 6.07) is 0. The van der Waals surface area contributed by atoms with Gasteiger partial charge >= 0.3 is 12.1 Å². The van der Waals surface area contributed by atoms with Gasteiger partial charge in [-0.25, -0.2) is 0 Å². The molecule has 1 heterocycles. The Bertz CT molecular complexity index is 383. The predicted molar refractivity (Wildman–Crippen MR) is 79.4 cm³/mol. The SMILES string of the molecule is CN1CCC(COC(=O)C(C)(C)CC(C)(C)C(F)(F)F)CC1. The van der Waals surface area contributed by atoms with Gasteiger partial charge < -0.3 is 9.64 Å². The van der Waals surface area contributed by atoms with Gasteiger partial charge in [-0.15, -0.1) is 0 Å². The fraction of sp³-hybridized carbons (Fsp3) is 0.938. The molecule has 0 radical (unpaired) electrons. The summed E-state index contributed by atoms with van der Waals surface area (Å²) in [5.41, 5.74) is -3.06. The lowest BCUT2D eigenvalue weighted by molar-refractivity contribution is -0.222. The molecule has 0 spiro atoms. The quantitative estimate of drug-likeness (QED) is 0.719. The van der Waals surface area contributed by atoms with Crippen molar-refractivity contribution in [1.29, 1.82) is 0 Å². The van der Waals surface area contributed by atoms with Crippen molar-refractivity contribution in [1.82, 2.24) is 4.90 Å². The van der Waals surface area contributed by atoms with E-state index in [0.717, 1.165) is 39.8 Å². The summed E-state index contributed by atoms with van der Waals surface area (Å²) < 4.78 is 44.3. The average molecular weight is 323 g/mol. The Hall–Kier alpha value is -0.780. The van der Waals surface area contributed by atoms with Crippen molar-refractivity contribution in [2.75, 3.05) is 26.7 Å². The maximum Gasteiger partial charge on any atom is 0.394 e. The molecule has 1 aliphatic heterocycles. The number of nitrogens with zero attached hydrogens (tertiary/aromatic N) is 1. The van der Waals surface area contributed by atoms with Gasteiger partial charge in [-0.3, -0.25) is 4.79 Å². The Morgan fingerprint density at radius 2 is 1.64 bits per heavy atom. The van der Waals surface area contributed by atoms with Crippen LogP contribution < -0.4 is 0 Å². The Balaban J connectivity index is 2.52. The molecule has 1 rings (SSSR count). The highest BCUT2D eigenvalue weighted by atomic mass is 19.4. The second-order valence-corrected chi connectivity index (χ2v) is 7.79. The molecule has 3 nitrogen and oxygen atoms in total. The van der Waals surface area contributed by atoms with Crippen LogP contribution in [0.1, 0.15) is 47.0 Å². The first kappa shape index (κ1) is 19.3. The van der Waals surface area contributed by atoms with Crippen LogP contribution in [-0.2, 0) is 9.53 Å². The third-order valence-corrected chi connectivity index (χ3v) is 4.49. The van der Waals surface area contributed by atoms with Crippen molar-refractivity contribution in [3.05, 3.63) is 0 Å². The highest BCUT2D eigenvalue weighted by Gasteiger charge is 2.51. The van der Waals surface area contributed by atoms with E-state index in [-0.39, 0.29) is 6.42 Å². The van der Waals surface area contributed by atoms with E-state index in [0.29, 0.717) is 12.5 Å². The number of hydrogen-bond acceptors (Lipinski definition) is 3. The number of ether oxygens (including phenoxy) is 1. The summed E-state index contributed by atoms with van der Waals surface area (Å²) in [4.78, 5) is 14.4. The summed E-state index contributed by atoms with van der Waals surface area (Å²) >= 11 is 0. The van der Waals surface area contributed by atoms with Crippen LogP contribution in [0.2, 0.25) is 0 Å². The Morgan fingerprint density at radius 1 is 1.14 bits per heavy atom. The fourth-order valence-electron chi connectivity index (χ4n) is 2.89. The molecule has 1 fully saturated rings. The van der Waals surface area contributed by atoms with Crippen LogP contribution in [0.25, 0.3) is 0 Å². The van der Waals surface area contributed by atoms with Gasteiger partial charge in [0.05, 0.1) is 17.4 Å². The van der Waals surface area contributed by atoms with Gasteiger partial charge in [0, 0.05) is 0 Å². The van der Waals surface area contributed by atoms with Gasteiger partial charge in [0.2, 0.25) is 0 Å². The highest BCUT2D eigenvalue weighted by Crippen LogP contribution is 2.46. The molecular formula is C16H28F3NO2. The topological polar surface area (TPSA) is 29.5 Å². The average Bonchev–Trinajstić information content (AvgIpc) is 2.35. The van der Waals surface area contributed by atoms with Crippen molar-refractivity contribution in [3.63, 3.8) is 0 Å². The van der Waals surface area contributed by atoms with Gasteiger partial charge in [-0.05, 0) is 59.2 Å². The minimum Gasteiger partial charge on any atom is -0.465 e. The molecule has 130 valence electrons. The van der Waals surface area contributed by atoms with Gasteiger partial charge in [0.1, 0.15) is 0 Å². The monoisotopic (exact) mass is 323 g/mol. The molecule has 0 aromatic carbocycles. The predicted octanol–water partition coefficient (Wildman–Crippen LogP) is 3.88. The fourth-order valence-corrected chi connectivity index (χ4v) is 2.89. The van der Waals surface area contributed by atoms with Crippen molar-refractivity contribution in [2.45, 2.75) is 53.1 Å². The van der Waals surface area contributed by atoms with Gasteiger partial charge in [0.25, 0.3) is 0 Å². The molecule has 0 atom stereocenters. The largest absolute Gasteiger partial charge is 0.465 e. The van der Waals surface area contributed by atoms with Crippen LogP contribution in [0.5, 0.6) is 0 Å². The first-order valence-corrected chi connectivity index (χ1v) is 7.78. The summed E-state index contributed by atoms with van der Waals surface area (Å²) in [5.74, 6) is -0.227. The first-order valence-electron chi connectivity index (χ1n) is 7.78. The lowest BCUT2D eigenvalue weighted by Crippen LogP contribution is -2.40. The van der Waals surface area contributed by atoms with E-state index in [1.165, 1.54) is 13.8 Å². The first-order chi connectivity index (χ1) is 9.85. The lowest BCUT2D eigenvalue weighted by Gasteiger charge is -2.35. The third kappa shape index (κ3) is 5.14. The zero-order valence-corrected chi connectivity index (χ0v) is 14.2. The Labute approximate surface area is 131 Å². The molecule has 6 heteroatoms. The number of halogens is 3. The molecule has 0 aromatic rings. The molecule has 1 saturated heterocycles. The molecule has 0 amide bonds. The molecular weight excluding hydrogens is 295 g/mol. The van der Waals surface area contributed by atoms with E-state index < -0.39 is 23.0 Å². The van der Waals surface area contributed by atoms with E-state index in [1.54, 1.807) is 0 Å². The van der Waals surface area contributed by atoms with Crippen LogP contribution >= 0.6 is 0 Å². The summed E-state index contributed by atoms with van der Waals surface area (Å²) in [6.45, 7) is 7.54. The third-order valence-electron chi connectivity index (χ3n) is 4.49. The number of esters is 1. The molecule has 0 N–H and O–H groups in total. The van der Waals surface area contributed by atoms with Crippen molar-refractivity contribution < 1.29 is 22.7 Å². The smallest absolute Gasteiger partial charge is 0.394 e. The molecule has 1 aliphatic rings. The molecule has 0 aliphatic carbocycles. The maximum atomic E-state index is 13.0. The second kappa shape index (κ2) is 6.77. The zero-order chi connectivity index (χ0) is 17.2. The van der Waals surface area contributed by atoms with Crippen LogP contribution in [0, 0.1) is 16.7 Å². The van der Waals surface area contributed by atoms with Crippen LogP contribution in [0.15, 0.2) is 0 Å². The van der Waals surface area contributed by atoms with Gasteiger partial charge in [-0.2, -0.15) is 13.2 Å². The summed E-state index contributed by atoms with van der Waals surface area (Å²) in [7, 11) is 2.05. The maximum absolute atomic E-state index is 13.0. The summed E-state index contributed by atoms with van der Waals surface area (Å²) in [6.07, 6.45) is -2.70. The number of hydrogen-bond donors (Lipinski definition) is 0. The van der Waals surface area contributed by atoms with Crippen LogP contribution in [0.3, 0.4) is 0 Å². The highest BCUT2D eigenvalue weighted by molar-refractivity contribution is 5.76. The van der Waals surface area contributed by atoms with Crippen molar-refractivity contribution in [2.24, 2.45) is 16.7 Å². The zero-order valence-electron chi connectivity index (χ0n) is 14.2. The van der Waals surface area contributed by atoms with Crippen LogP contribution in [-0.4, -0.2) is 43.8 Å². The second-order valence-electron chi connectivity index (χ2n) is 7.79. The van der Waals surface area contributed by atoms with Gasteiger partial charge in [-0.1, -0.05) is 13.8 Å². The lowest BCUT2D eigenvalue weighted by atomic mass is 9.74. The Morgan fingerprint density at radius 3 is 2.09 bits per heavy atom. The van der Waals surface area contributed by atoms with E-state index in [2.05, 4.69) is 4.90 Å². The van der Waals surface area contributed by atoms with E-state index in [4.69, 9.17) is 4.74 Å². The van der Waals surface area contributed by atoms with Crippen molar-refractivity contribution in [3.8, 4) is 0 Å². The number of likely N-dealkylation sites (tertiary alicyclic amines) is 1. The van der Waals surface area contributed by atoms with Crippen LogP contribution in [0.4, 0.5) is 13.2 Å². The number of rotatable bonds is 5. The normalized spacial score (nSPS) is 19.3. The molecule has 0 unspecified atom stereocenters.